The zero-order valence-corrected chi connectivity index (χ0v) is 18.3. The average molecular weight is 443 g/mol. The Kier molecular flexibility index (Phi) is 7.76. The fourth-order valence-electron chi connectivity index (χ4n) is 3.40. The van der Waals surface area contributed by atoms with E-state index in [0.717, 1.165) is 0 Å². The molecule has 0 N–H and O–H groups in total. The second-order valence-electron chi connectivity index (χ2n) is 6.68. The highest BCUT2D eigenvalue weighted by Crippen LogP contribution is 2.42. The summed E-state index contributed by atoms with van der Waals surface area (Å²) in [6.07, 6.45) is 1.62. The number of halogens is 3. The standard InChI is InChI=1S/C21H22Cl3NO3/c1-13(2)21(20(26)27-4,14(3)12-18(23)24)17-6-5-7-19(25-17)28-16-10-8-15(22)9-11-16/h5-14H,1-4H3. The van der Waals surface area contributed by atoms with Gasteiger partial charge in [0.2, 0.25) is 5.88 Å². The Morgan fingerprint density at radius 2 is 1.75 bits per heavy atom. The van der Waals surface area contributed by atoms with Gasteiger partial charge in [0, 0.05) is 11.1 Å². The van der Waals surface area contributed by atoms with Crippen LogP contribution in [0.25, 0.3) is 0 Å². The minimum Gasteiger partial charge on any atom is -0.468 e. The van der Waals surface area contributed by atoms with Gasteiger partial charge in [0.05, 0.1) is 12.8 Å². The first-order chi connectivity index (χ1) is 13.2. The normalized spacial score (nSPS) is 14.1. The van der Waals surface area contributed by atoms with Gasteiger partial charge in [0.1, 0.15) is 15.7 Å². The molecule has 1 heterocycles. The highest BCUT2D eigenvalue weighted by atomic mass is 35.5. The maximum Gasteiger partial charge on any atom is 0.318 e. The Morgan fingerprint density at radius 3 is 2.29 bits per heavy atom. The van der Waals surface area contributed by atoms with Gasteiger partial charge < -0.3 is 9.47 Å². The van der Waals surface area contributed by atoms with Crippen LogP contribution in [0.15, 0.2) is 53.0 Å². The number of esters is 1. The summed E-state index contributed by atoms with van der Waals surface area (Å²) in [7, 11) is 1.35. The van der Waals surface area contributed by atoms with Gasteiger partial charge in [-0.1, -0.05) is 61.6 Å². The van der Waals surface area contributed by atoms with Crippen LogP contribution >= 0.6 is 34.8 Å². The number of benzene rings is 1. The number of methoxy groups -OCH3 is 1. The minimum atomic E-state index is -1.09. The number of rotatable bonds is 7. The van der Waals surface area contributed by atoms with E-state index in [-0.39, 0.29) is 16.3 Å². The molecule has 0 spiro atoms. The molecule has 0 saturated carbocycles. The number of ether oxygens (including phenoxy) is 2. The molecule has 0 aliphatic carbocycles. The summed E-state index contributed by atoms with van der Waals surface area (Å²) in [5.41, 5.74) is -0.581. The molecule has 0 aliphatic heterocycles. The Labute approximate surface area is 180 Å². The maximum absolute atomic E-state index is 13.0. The van der Waals surface area contributed by atoms with Crippen LogP contribution in [0.2, 0.25) is 5.02 Å². The predicted molar refractivity (Wildman–Crippen MR) is 113 cm³/mol. The summed E-state index contributed by atoms with van der Waals surface area (Å²) in [5.74, 6) is -0.0155. The maximum atomic E-state index is 13.0. The van der Waals surface area contributed by atoms with Gasteiger partial charge in [-0.05, 0) is 48.2 Å². The number of allylic oxidation sites excluding steroid dienone is 1. The lowest BCUT2D eigenvalue weighted by Gasteiger charge is -2.38. The zero-order chi connectivity index (χ0) is 20.9. The van der Waals surface area contributed by atoms with E-state index in [1.54, 1.807) is 48.5 Å². The Bertz CT molecular complexity index is 848. The van der Waals surface area contributed by atoms with E-state index in [1.165, 1.54) is 7.11 Å². The number of pyridine rings is 1. The Hall–Kier alpha value is -1.75. The zero-order valence-electron chi connectivity index (χ0n) is 16.1. The molecule has 0 radical (unpaired) electrons. The van der Waals surface area contributed by atoms with Crippen molar-refractivity contribution in [2.24, 2.45) is 11.8 Å². The molecule has 2 unspecified atom stereocenters. The van der Waals surface area contributed by atoms with Crippen molar-refractivity contribution in [2.75, 3.05) is 7.11 Å². The summed E-state index contributed by atoms with van der Waals surface area (Å²) < 4.78 is 11.1. The van der Waals surface area contributed by atoms with E-state index in [9.17, 15) is 4.79 Å². The monoisotopic (exact) mass is 441 g/mol. The first kappa shape index (κ1) is 22.5. The summed E-state index contributed by atoms with van der Waals surface area (Å²) in [6, 6.07) is 12.2. The number of nitrogens with zero attached hydrogens (tertiary/aromatic N) is 1. The Morgan fingerprint density at radius 1 is 1.11 bits per heavy atom. The van der Waals surface area contributed by atoms with Gasteiger partial charge in [-0.3, -0.25) is 4.79 Å². The fraction of sp³-hybridized carbons (Fsp3) is 0.333. The quantitative estimate of drug-likeness (QED) is 0.456. The third kappa shape index (κ3) is 4.80. The molecular formula is C21H22Cl3NO3. The molecule has 7 heteroatoms. The van der Waals surface area contributed by atoms with Crippen LogP contribution in [0, 0.1) is 11.8 Å². The van der Waals surface area contributed by atoms with Crippen LogP contribution in [0.4, 0.5) is 0 Å². The molecule has 2 atom stereocenters. The van der Waals surface area contributed by atoms with E-state index >= 15 is 0 Å². The highest BCUT2D eigenvalue weighted by Gasteiger charge is 2.49. The number of carbonyl (C=O) groups is 1. The van der Waals surface area contributed by atoms with E-state index in [2.05, 4.69) is 4.98 Å². The number of aromatic nitrogens is 1. The van der Waals surface area contributed by atoms with Crippen molar-refractivity contribution in [1.82, 2.24) is 4.98 Å². The van der Waals surface area contributed by atoms with Gasteiger partial charge in [0.25, 0.3) is 0 Å². The molecule has 0 amide bonds. The van der Waals surface area contributed by atoms with Crippen LogP contribution in [0.5, 0.6) is 11.6 Å². The van der Waals surface area contributed by atoms with Crippen molar-refractivity contribution in [3.8, 4) is 11.6 Å². The first-order valence-corrected chi connectivity index (χ1v) is 9.87. The van der Waals surface area contributed by atoms with Crippen LogP contribution in [-0.2, 0) is 14.9 Å². The second kappa shape index (κ2) is 9.64. The second-order valence-corrected chi connectivity index (χ2v) is 8.12. The Balaban J connectivity index is 2.55. The molecule has 0 saturated heterocycles. The average Bonchev–Trinajstić information content (AvgIpc) is 2.63. The van der Waals surface area contributed by atoms with Crippen LogP contribution < -0.4 is 4.74 Å². The lowest BCUT2D eigenvalue weighted by Crippen LogP contribution is -2.47. The van der Waals surface area contributed by atoms with E-state index in [4.69, 9.17) is 44.3 Å². The van der Waals surface area contributed by atoms with Crippen LogP contribution in [0.1, 0.15) is 26.5 Å². The highest BCUT2D eigenvalue weighted by molar-refractivity contribution is 6.55. The number of hydrogen-bond acceptors (Lipinski definition) is 4. The predicted octanol–water partition coefficient (Wildman–Crippen LogP) is 6.55. The van der Waals surface area contributed by atoms with Crippen molar-refractivity contribution in [3.05, 3.63) is 63.7 Å². The molecule has 0 aliphatic rings. The topological polar surface area (TPSA) is 48.4 Å². The molecular weight excluding hydrogens is 421 g/mol. The van der Waals surface area contributed by atoms with Gasteiger partial charge in [0.15, 0.2) is 0 Å². The molecule has 2 rings (SSSR count). The third-order valence-corrected chi connectivity index (χ3v) is 5.22. The lowest BCUT2D eigenvalue weighted by molar-refractivity contribution is -0.151. The fourth-order valence-corrected chi connectivity index (χ4v) is 3.90. The molecule has 28 heavy (non-hydrogen) atoms. The van der Waals surface area contributed by atoms with Crippen molar-refractivity contribution >= 4 is 40.8 Å². The largest absolute Gasteiger partial charge is 0.468 e. The van der Waals surface area contributed by atoms with Gasteiger partial charge in [-0.25, -0.2) is 4.98 Å². The lowest BCUT2D eigenvalue weighted by atomic mass is 9.65. The summed E-state index contributed by atoms with van der Waals surface area (Å²) >= 11 is 17.7. The SMILES string of the molecule is COC(=O)C(c1cccc(Oc2ccc(Cl)cc2)n1)(C(C)C)C(C)C=C(Cl)Cl. The van der Waals surface area contributed by atoms with Gasteiger partial charge in [-0.2, -0.15) is 0 Å². The van der Waals surface area contributed by atoms with E-state index in [1.807, 2.05) is 20.8 Å². The summed E-state index contributed by atoms with van der Waals surface area (Å²) in [6.45, 7) is 5.71. The van der Waals surface area contributed by atoms with Gasteiger partial charge in [-0.15, -0.1) is 0 Å². The van der Waals surface area contributed by atoms with Gasteiger partial charge >= 0.3 is 5.97 Å². The number of hydrogen-bond donors (Lipinski definition) is 0. The van der Waals surface area contributed by atoms with Crippen molar-refractivity contribution in [3.63, 3.8) is 0 Å². The van der Waals surface area contributed by atoms with Crippen LogP contribution in [0.3, 0.4) is 0 Å². The van der Waals surface area contributed by atoms with E-state index < -0.39 is 11.4 Å². The van der Waals surface area contributed by atoms with Crippen LogP contribution in [-0.4, -0.2) is 18.1 Å². The molecule has 0 fully saturated rings. The molecule has 0 bridgehead atoms. The first-order valence-electron chi connectivity index (χ1n) is 8.74. The molecule has 1 aromatic carbocycles. The smallest absolute Gasteiger partial charge is 0.318 e. The molecule has 150 valence electrons. The van der Waals surface area contributed by atoms with Crippen molar-refractivity contribution < 1.29 is 14.3 Å². The molecule has 1 aromatic heterocycles. The van der Waals surface area contributed by atoms with E-state index in [0.29, 0.717) is 22.3 Å². The third-order valence-electron chi connectivity index (χ3n) is 4.71. The molecule has 2 aromatic rings. The minimum absolute atomic E-state index is 0.0787. The summed E-state index contributed by atoms with van der Waals surface area (Å²) in [4.78, 5) is 17.6. The van der Waals surface area contributed by atoms with Crippen molar-refractivity contribution in [1.29, 1.82) is 0 Å². The number of carbonyl (C=O) groups excluding carboxylic acids is 1. The van der Waals surface area contributed by atoms with Crippen molar-refractivity contribution in [2.45, 2.75) is 26.2 Å². The molecule has 4 nitrogen and oxygen atoms in total. The summed E-state index contributed by atoms with van der Waals surface area (Å²) in [5, 5.41) is 0.608.